The molecule has 0 radical (unpaired) electrons. The summed E-state index contributed by atoms with van der Waals surface area (Å²) >= 11 is 5.86. The normalized spacial score (nSPS) is 12.0. The number of anilines is 1. The highest BCUT2D eigenvalue weighted by Crippen LogP contribution is 2.30. The average molecular weight is 480 g/mol. The zero-order valence-electron chi connectivity index (χ0n) is 17.2. The Balaban J connectivity index is 1.97. The zero-order chi connectivity index (χ0) is 22.8. The van der Waals surface area contributed by atoms with Gasteiger partial charge in [-0.3, -0.25) is 9.29 Å². The summed E-state index contributed by atoms with van der Waals surface area (Å²) in [6.45, 7) is 3.47. The second-order valence-electron chi connectivity index (χ2n) is 7.02. The van der Waals surface area contributed by atoms with Crippen LogP contribution >= 0.6 is 11.6 Å². The van der Waals surface area contributed by atoms with Gasteiger partial charge in [-0.05, 0) is 66.9 Å². The van der Waals surface area contributed by atoms with E-state index in [2.05, 4.69) is 9.71 Å². The molecule has 1 aromatic heterocycles. The highest BCUT2D eigenvalue weighted by atomic mass is 35.5. The van der Waals surface area contributed by atoms with Crippen molar-refractivity contribution < 1.29 is 16.8 Å². The average Bonchev–Trinajstić information content (AvgIpc) is 2.73. The van der Waals surface area contributed by atoms with Gasteiger partial charge in [-0.2, -0.15) is 0 Å². The van der Waals surface area contributed by atoms with E-state index < -0.39 is 20.0 Å². The Bertz CT molecular complexity index is 1290. The molecule has 3 aromatic rings. The van der Waals surface area contributed by atoms with E-state index in [1.54, 1.807) is 44.4 Å². The first kappa shape index (κ1) is 23.2. The maximum Gasteiger partial charge on any atom is 0.264 e. The number of nitrogens with zero attached hydrogens (tertiary/aromatic N) is 2. The third-order valence-electron chi connectivity index (χ3n) is 4.78. The third kappa shape index (κ3) is 5.07. The van der Waals surface area contributed by atoms with Crippen LogP contribution in [0.15, 0.2) is 70.7 Å². The van der Waals surface area contributed by atoms with Crippen LogP contribution in [0.3, 0.4) is 0 Å². The highest BCUT2D eigenvalue weighted by molar-refractivity contribution is 7.92. The van der Waals surface area contributed by atoms with Gasteiger partial charge in [0.2, 0.25) is 10.0 Å². The predicted molar refractivity (Wildman–Crippen MR) is 121 cm³/mol. The zero-order valence-corrected chi connectivity index (χ0v) is 19.6. The number of sulfonamides is 2. The van der Waals surface area contributed by atoms with Gasteiger partial charge >= 0.3 is 0 Å². The van der Waals surface area contributed by atoms with Crippen molar-refractivity contribution in [2.24, 2.45) is 0 Å². The molecule has 164 valence electrons. The Labute approximate surface area is 187 Å². The summed E-state index contributed by atoms with van der Waals surface area (Å²) in [6.07, 6.45) is 3.17. The van der Waals surface area contributed by atoms with Crippen LogP contribution < -0.4 is 9.03 Å². The summed E-state index contributed by atoms with van der Waals surface area (Å²) in [5.74, 6) is 0. The first-order chi connectivity index (χ1) is 14.5. The van der Waals surface area contributed by atoms with Crippen LogP contribution in [-0.2, 0) is 26.6 Å². The largest absolute Gasteiger partial charge is 0.269 e. The molecule has 2 aromatic carbocycles. The summed E-state index contributed by atoms with van der Waals surface area (Å²) in [6, 6.07) is 12.3. The summed E-state index contributed by atoms with van der Waals surface area (Å²) in [5, 5.41) is 0.418. The molecule has 0 aliphatic heterocycles. The maximum atomic E-state index is 13.1. The molecule has 0 spiro atoms. The van der Waals surface area contributed by atoms with Gasteiger partial charge in [-0.15, -0.1) is 0 Å². The molecule has 0 bridgehead atoms. The topological polar surface area (TPSA) is 96.4 Å². The summed E-state index contributed by atoms with van der Waals surface area (Å²) in [5.41, 5.74) is 2.11. The van der Waals surface area contributed by atoms with Gasteiger partial charge in [0.25, 0.3) is 10.0 Å². The van der Waals surface area contributed by atoms with E-state index in [9.17, 15) is 16.8 Å². The van der Waals surface area contributed by atoms with Crippen LogP contribution in [0.4, 0.5) is 5.69 Å². The lowest BCUT2D eigenvalue weighted by Gasteiger charge is -2.23. The maximum absolute atomic E-state index is 13.1. The fourth-order valence-corrected chi connectivity index (χ4v) is 5.74. The molecule has 0 aliphatic rings. The van der Waals surface area contributed by atoms with Crippen molar-refractivity contribution in [3.8, 4) is 0 Å². The van der Waals surface area contributed by atoms with E-state index in [0.29, 0.717) is 21.7 Å². The van der Waals surface area contributed by atoms with Crippen molar-refractivity contribution in [3.05, 3.63) is 82.6 Å². The molecule has 0 saturated carbocycles. The standard InChI is InChI=1S/C21H22ClN3O4S2/c1-15-11-16(2)21(30(26,27)24-14-17-5-4-10-23-13-17)12-20(15)25(3)31(28,29)19-8-6-18(22)7-9-19/h4-13,24H,14H2,1-3H3. The van der Waals surface area contributed by atoms with Gasteiger partial charge in [0.1, 0.15) is 0 Å². The second kappa shape index (κ2) is 8.96. The van der Waals surface area contributed by atoms with Gasteiger partial charge in [0, 0.05) is 31.0 Å². The Kier molecular flexibility index (Phi) is 6.70. The van der Waals surface area contributed by atoms with Crippen molar-refractivity contribution in [3.63, 3.8) is 0 Å². The monoisotopic (exact) mass is 479 g/mol. The van der Waals surface area contributed by atoms with Crippen molar-refractivity contribution in [1.82, 2.24) is 9.71 Å². The van der Waals surface area contributed by atoms with E-state index in [0.717, 1.165) is 4.31 Å². The van der Waals surface area contributed by atoms with Crippen LogP contribution in [0.5, 0.6) is 0 Å². The van der Waals surface area contributed by atoms with Crippen LogP contribution in [0.2, 0.25) is 5.02 Å². The Morgan fingerprint density at radius 1 is 1.00 bits per heavy atom. The molecule has 0 amide bonds. The Morgan fingerprint density at radius 2 is 1.68 bits per heavy atom. The molecular weight excluding hydrogens is 458 g/mol. The minimum atomic E-state index is -3.91. The lowest BCUT2D eigenvalue weighted by Crippen LogP contribution is -2.28. The van der Waals surface area contributed by atoms with Crippen LogP contribution in [0.1, 0.15) is 16.7 Å². The molecule has 0 aliphatic carbocycles. The SMILES string of the molecule is Cc1cc(C)c(S(=O)(=O)NCc2cccnc2)cc1N(C)S(=O)(=O)c1ccc(Cl)cc1. The van der Waals surface area contributed by atoms with E-state index >= 15 is 0 Å². The first-order valence-electron chi connectivity index (χ1n) is 9.27. The summed E-state index contributed by atoms with van der Waals surface area (Å²) in [4.78, 5) is 4.03. The van der Waals surface area contributed by atoms with Gasteiger partial charge < -0.3 is 0 Å². The quantitative estimate of drug-likeness (QED) is 0.557. The van der Waals surface area contributed by atoms with E-state index in [1.807, 2.05) is 0 Å². The smallest absolute Gasteiger partial charge is 0.264 e. The van der Waals surface area contributed by atoms with Crippen LogP contribution in [0, 0.1) is 13.8 Å². The predicted octanol–water partition coefficient (Wildman–Crippen LogP) is 3.66. The number of halogens is 1. The van der Waals surface area contributed by atoms with E-state index in [1.165, 1.54) is 37.4 Å². The molecule has 7 nitrogen and oxygen atoms in total. The fourth-order valence-electron chi connectivity index (χ4n) is 3.10. The minimum Gasteiger partial charge on any atom is -0.269 e. The number of aryl methyl sites for hydroxylation is 2. The summed E-state index contributed by atoms with van der Waals surface area (Å²) in [7, 11) is -6.41. The minimum absolute atomic E-state index is 0.00939. The molecule has 0 saturated heterocycles. The number of hydrogen-bond acceptors (Lipinski definition) is 5. The molecule has 1 heterocycles. The van der Waals surface area contributed by atoms with Crippen molar-refractivity contribution >= 4 is 37.3 Å². The van der Waals surface area contributed by atoms with Crippen molar-refractivity contribution in [2.45, 2.75) is 30.2 Å². The third-order valence-corrected chi connectivity index (χ3v) is 8.36. The number of hydrogen-bond donors (Lipinski definition) is 1. The lowest BCUT2D eigenvalue weighted by atomic mass is 10.1. The van der Waals surface area contributed by atoms with Crippen molar-refractivity contribution in [1.29, 1.82) is 0 Å². The molecule has 10 heteroatoms. The van der Waals surface area contributed by atoms with E-state index in [4.69, 9.17) is 11.6 Å². The Hall–Kier alpha value is -2.46. The summed E-state index contributed by atoms with van der Waals surface area (Å²) < 4.78 is 55.7. The Morgan fingerprint density at radius 3 is 2.29 bits per heavy atom. The van der Waals surface area contributed by atoms with E-state index in [-0.39, 0.29) is 22.0 Å². The number of aromatic nitrogens is 1. The van der Waals surface area contributed by atoms with Gasteiger partial charge in [-0.25, -0.2) is 21.6 Å². The van der Waals surface area contributed by atoms with Crippen LogP contribution in [-0.4, -0.2) is 28.9 Å². The van der Waals surface area contributed by atoms with Gasteiger partial charge in [0.15, 0.2) is 0 Å². The number of rotatable bonds is 7. The van der Waals surface area contributed by atoms with Gasteiger partial charge in [-0.1, -0.05) is 23.7 Å². The molecular formula is C21H22ClN3O4S2. The molecule has 0 unspecified atom stereocenters. The molecule has 0 atom stereocenters. The fraction of sp³-hybridized carbons (Fsp3) is 0.190. The number of nitrogens with one attached hydrogen (secondary N) is 1. The first-order valence-corrected chi connectivity index (χ1v) is 12.6. The number of pyridine rings is 1. The molecule has 3 rings (SSSR count). The molecule has 1 N–H and O–H groups in total. The van der Waals surface area contributed by atoms with Crippen molar-refractivity contribution in [2.75, 3.05) is 11.4 Å². The molecule has 31 heavy (non-hydrogen) atoms. The van der Waals surface area contributed by atoms with Gasteiger partial charge in [0.05, 0.1) is 15.5 Å². The van der Waals surface area contributed by atoms with Crippen LogP contribution in [0.25, 0.3) is 0 Å². The number of benzene rings is 2. The lowest BCUT2D eigenvalue weighted by molar-refractivity contribution is 0.580. The molecule has 0 fully saturated rings. The highest BCUT2D eigenvalue weighted by Gasteiger charge is 2.26. The second-order valence-corrected chi connectivity index (χ2v) is 11.2.